The van der Waals surface area contributed by atoms with E-state index >= 15 is 0 Å². The Morgan fingerprint density at radius 3 is 2.55 bits per heavy atom. The summed E-state index contributed by atoms with van der Waals surface area (Å²) in [5.41, 5.74) is 0. The molecule has 1 nitrogen and oxygen atoms in total. The van der Waals surface area contributed by atoms with Crippen LogP contribution in [0.3, 0.4) is 0 Å². The normalized spacial score (nSPS) is 34.1. The molecule has 0 aliphatic carbocycles. The number of piperidine rings is 1. The summed E-state index contributed by atoms with van der Waals surface area (Å²) in [6.45, 7) is 9.52. The Balaban J connectivity index is 2.41. The average Bonchev–Trinajstić information content (AvgIpc) is 2.04. The number of hydrogen-bond donors (Lipinski definition) is 0. The van der Waals surface area contributed by atoms with Gasteiger partial charge in [-0.05, 0) is 31.7 Å². The average molecular weight is 155 g/mol. The molecule has 0 aromatic carbocycles. The van der Waals surface area contributed by atoms with E-state index in [-0.39, 0.29) is 0 Å². The Labute approximate surface area is 70.8 Å². The summed E-state index contributed by atoms with van der Waals surface area (Å²) in [7, 11) is 0. The van der Waals surface area contributed by atoms with Gasteiger partial charge in [-0.3, -0.25) is 0 Å². The molecular weight excluding hydrogens is 134 g/mol. The number of nitrogens with zero attached hydrogens (tertiary/aromatic N) is 1. The fourth-order valence-corrected chi connectivity index (χ4v) is 2.15. The van der Waals surface area contributed by atoms with Crippen LogP contribution in [0.15, 0.2) is 0 Å². The summed E-state index contributed by atoms with van der Waals surface area (Å²) in [5.74, 6) is 0.928. The Morgan fingerprint density at radius 2 is 2.00 bits per heavy atom. The number of hydrogen-bond acceptors (Lipinski definition) is 1. The molecule has 0 N–H and O–H groups in total. The first kappa shape index (κ1) is 9.05. The summed E-state index contributed by atoms with van der Waals surface area (Å²) >= 11 is 0. The molecule has 66 valence electrons. The van der Waals surface area contributed by atoms with Gasteiger partial charge in [0.1, 0.15) is 0 Å². The molecule has 1 saturated heterocycles. The minimum absolute atomic E-state index is 0.885. The third kappa shape index (κ3) is 2.19. The summed E-state index contributed by atoms with van der Waals surface area (Å²) < 4.78 is 0. The SMILES string of the molecule is CCC1CCC(C)CN1CC. The van der Waals surface area contributed by atoms with Crippen LogP contribution < -0.4 is 0 Å². The Morgan fingerprint density at radius 1 is 1.27 bits per heavy atom. The Kier molecular flexibility index (Phi) is 3.38. The molecule has 0 saturated carbocycles. The van der Waals surface area contributed by atoms with Crippen molar-refractivity contribution in [2.24, 2.45) is 5.92 Å². The highest BCUT2D eigenvalue weighted by molar-refractivity contribution is 4.77. The molecule has 0 radical (unpaired) electrons. The van der Waals surface area contributed by atoms with Crippen LogP contribution in [0.2, 0.25) is 0 Å². The lowest BCUT2D eigenvalue weighted by Gasteiger charge is -2.37. The Bertz CT molecular complexity index is 111. The van der Waals surface area contributed by atoms with Crippen molar-refractivity contribution in [1.29, 1.82) is 0 Å². The van der Waals surface area contributed by atoms with E-state index in [2.05, 4.69) is 25.7 Å². The van der Waals surface area contributed by atoms with Crippen LogP contribution in [0.1, 0.15) is 40.0 Å². The molecule has 1 rings (SSSR count). The summed E-state index contributed by atoms with van der Waals surface area (Å²) in [5, 5.41) is 0. The van der Waals surface area contributed by atoms with Gasteiger partial charge in [-0.25, -0.2) is 0 Å². The van der Waals surface area contributed by atoms with Gasteiger partial charge in [0.25, 0.3) is 0 Å². The maximum Gasteiger partial charge on any atom is 0.00927 e. The molecule has 1 aliphatic rings. The lowest BCUT2D eigenvalue weighted by Crippen LogP contribution is -2.42. The Hall–Kier alpha value is -0.0400. The van der Waals surface area contributed by atoms with Crippen LogP contribution in [-0.2, 0) is 0 Å². The molecular formula is C10H21N. The van der Waals surface area contributed by atoms with Gasteiger partial charge >= 0.3 is 0 Å². The zero-order chi connectivity index (χ0) is 8.27. The topological polar surface area (TPSA) is 3.24 Å². The second-order valence-electron chi connectivity index (χ2n) is 3.83. The minimum atomic E-state index is 0.885. The third-order valence-electron chi connectivity index (χ3n) is 2.93. The zero-order valence-electron chi connectivity index (χ0n) is 8.14. The van der Waals surface area contributed by atoms with Crippen molar-refractivity contribution in [1.82, 2.24) is 4.90 Å². The molecule has 1 aliphatic heterocycles. The number of likely N-dealkylation sites (tertiary alicyclic amines) is 1. The van der Waals surface area contributed by atoms with E-state index in [1.54, 1.807) is 0 Å². The smallest absolute Gasteiger partial charge is 0.00927 e. The maximum atomic E-state index is 2.63. The summed E-state index contributed by atoms with van der Waals surface area (Å²) in [6, 6.07) is 0.885. The van der Waals surface area contributed by atoms with Crippen molar-refractivity contribution in [2.75, 3.05) is 13.1 Å². The number of rotatable bonds is 2. The molecule has 0 aromatic rings. The van der Waals surface area contributed by atoms with Gasteiger partial charge in [0.2, 0.25) is 0 Å². The first-order chi connectivity index (χ1) is 5.27. The fraction of sp³-hybridized carbons (Fsp3) is 1.00. The monoisotopic (exact) mass is 155 g/mol. The van der Waals surface area contributed by atoms with Crippen molar-refractivity contribution in [3.63, 3.8) is 0 Å². The van der Waals surface area contributed by atoms with Gasteiger partial charge in [0.05, 0.1) is 0 Å². The molecule has 2 atom stereocenters. The molecule has 0 aromatic heterocycles. The quantitative estimate of drug-likeness (QED) is 0.592. The summed E-state index contributed by atoms with van der Waals surface area (Å²) in [6.07, 6.45) is 4.20. The molecule has 0 spiro atoms. The van der Waals surface area contributed by atoms with Crippen molar-refractivity contribution in [3.8, 4) is 0 Å². The van der Waals surface area contributed by atoms with Crippen LogP contribution in [-0.4, -0.2) is 24.0 Å². The molecule has 2 unspecified atom stereocenters. The van der Waals surface area contributed by atoms with Gasteiger partial charge in [0.15, 0.2) is 0 Å². The fourth-order valence-electron chi connectivity index (χ4n) is 2.15. The standard InChI is InChI=1S/C10H21N/c1-4-10-7-6-9(3)8-11(10)5-2/h9-10H,4-8H2,1-3H3. The zero-order valence-corrected chi connectivity index (χ0v) is 8.14. The van der Waals surface area contributed by atoms with Crippen LogP contribution >= 0.6 is 0 Å². The van der Waals surface area contributed by atoms with Crippen LogP contribution in [0, 0.1) is 5.92 Å². The highest BCUT2D eigenvalue weighted by Gasteiger charge is 2.22. The molecule has 0 bridgehead atoms. The largest absolute Gasteiger partial charge is 0.300 e. The van der Waals surface area contributed by atoms with Crippen molar-refractivity contribution >= 4 is 0 Å². The summed E-state index contributed by atoms with van der Waals surface area (Å²) in [4.78, 5) is 2.63. The van der Waals surface area contributed by atoms with Crippen LogP contribution in [0.5, 0.6) is 0 Å². The van der Waals surface area contributed by atoms with Gasteiger partial charge in [-0.1, -0.05) is 20.8 Å². The minimum Gasteiger partial charge on any atom is -0.300 e. The molecule has 1 fully saturated rings. The van der Waals surface area contributed by atoms with E-state index in [1.807, 2.05) is 0 Å². The van der Waals surface area contributed by atoms with Crippen LogP contribution in [0.25, 0.3) is 0 Å². The second kappa shape index (κ2) is 4.10. The maximum absolute atomic E-state index is 2.63. The molecule has 0 amide bonds. The van der Waals surface area contributed by atoms with E-state index < -0.39 is 0 Å². The van der Waals surface area contributed by atoms with Gasteiger partial charge in [-0.2, -0.15) is 0 Å². The van der Waals surface area contributed by atoms with Gasteiger partial charge in [0, 0.05) is 12.6 Å². The highest BCUT2D eigenvalue weighted by Crippen LogP contribution is 2.22. The van der Waals surface area contributed by atoms with E-state index in [1.165, 1.54) is 32.4 Å². The lowest BCUT2D eigenvalue weighted by atomic mass is 9.93. The molecule has 11 heavy (non-hydrogen) atoms. The third-order valence-corrected chi connectivity index (χ3v) is 2.93. The van der Waals surface area contributed by atoms with E-state index in [4.69, 9.17) is 0 Å². The first-order valence-electron chi connectivity index (χ1n) is 5.02. The van der Waals surface area contributed by atoms with Gasteiger partial charge < -0.3 is 4.90 Å². The predicted molar refractivity (Wildman–Crippen MR) is 49.7 cm³/mol. The second-order valence-corrected chi connectivity index (χ2v) is 3.83. The molecule has 1 heteroatoms. The predicted octanol–water partition coefficient (Wildman–Crippen LogP) is 2.52. The first-order valence-corrected chi connectivity index (χ1v) is 5.02. The lowest BCUT2D eigenvalue weighted by molar-refractivity contribution is 0.117. The van der Waals surface area contributed by atoms with E-state index in [0.29, 0.717) is 0 Å². The van der Waals surface area contributed by atoms with Gasteiger partial charge in [-0.15, -0.1) is 0 Å². The van der Waals surface area contributed by atoms with Crippen LogP contribution in [0.4, 0.5) is 0 Å². The van der Waals surface area contributed by atoms with Crippen molar-refractivity contribution < 1.29 is 0 Å². The molecule has 1 heterocycles. The highest BCUT2D eigenvalue weighted by atomic mass is 15.2. The van der Waals surface area contributed by atoms with Crippen molar-refractivity contribution in [2.45, 2.75) is 46.1 Å². The van der Waals surface area contributed by atoms with E-state index in [0.717, 1.165) is 12.0 Å². The van der Waals surface area contributed by atoms with Crippen molar-refractivity contribution in [3.05, 3.63) is 0 Å². The van der Waals surface area contributed by atoms with E-state index in [9.17, 15) is 0 Å².